The molecule has 36 heavy (non-hydrogen) atoms. The molecule has 0 fully saturated rings. The topological polar surface area (TPSA) is 91.0 Å². The number of rotatable bonds is 8. The maximum Gasteiger partial charge on any atom is 0.241 e. The monoisotopic (exact) mass is 486 g/mol. The molecule has 4 rings (SSSR count). The van der Waals surface area contributed by atoms with Gasteiger partial charge in [-0.25, -0.2) is 0 Å². The molecule has 0 aliphatic carbocycles. The lowest BCUT2D eigenvalue weighted by molar-refractivity contribution is -0.122. The third-order valence-electron chi connectivity index (χ3n) is 5.95. The van der Waals surface area contributed by atoms with E-state index in [9.17, 15) is 14.4 Å². The van der Waals surface area contributed by atoms with Gasteiger partial charge in [0, 0.05) is 18.3 Å². The molecule has 0 saturated carbocycles. The van der Waals surface area contributed by atoms with E-state index in [1.54, 1.807) is 29.2 Å². The fraction of sp³-hybridized carbons (Fsp3) is 0.250. The number of benzene rings is 3. The number of ether oxygens (including phenoxy) is 1. The van der Waals surface area contributed by atoms with Crippen LogP contribution in [0.1, 0.15) is 25.5 Å². The summed E-state index contributed by atoms with van der Waals surface area (Å²) in [5, 5.41) is 5.54. The average Bonchev–Trinajstić information content (AvgIpc) is 2.88. The van der Waals surface area contributed by atoms with Crippen molar-refractivity contribution < 1.29 is 19.1 Å². The first kappa shape index (κ1) is 24.9. The molecule has 1 heterocycles. The zero-order valence-corrected chi connectivity index (χ0v) is 20.4. The Morgan fingerprint density at radius 3 is 2.19 bits per heavy atom. The Morgan fingerprint density at radius 1 is 0.889 bits per heavy atom. The summed E-state index contributed by atoms with van der Waals surface area (Å²) in [6.45, 7) is 4.40. The van der Waals surface area contributed by atoms with Crippen molar-refractivity contribution in [1.82, 2.24) is 4.90 Å². The van der Waals surface area contributed by atoms with Crippen molar-refractivity contribution in [3.05, 3.63) is 84.4 Å². The molecular formula is C28H30N4O4. The summed E-state index contributed by atoms with van der Waals surface area (Å²) in [6.07, 6.45) is 0. The van der Waals surface area contributed by atoms with Crippen LogP contribution in [0.5, 0.6) is 5.75 Å². The number of para-hydroxylation sites is 2. The zero-order valence-electron chi connectivity index (χ0n) is 20.4. The van der Waals surface area contributed by atoms with Gasteiger partial charge in [-0.2, -0.15) is 0 Å². The van der Waals surface area contributed by atoms with Crippen molar-refractivity contribution >= 4 is 34.8 Å². The highest BCUT2D eigenvalue weighted by atomic mass is 16.5. The number of hydrogen-bond donors (Lipinski definition) is 2. The molecule has 186 valence electrons. The number of amides is 3. The molecule has 0 radical (unpaired) electrons. The van der Waals surface area contributed by atoms with Gasteiger partial charge in [0.25, 0.3) is 0 Å². The Balaban J connectivity index is 1.45. The van der Waals surface area contributed by atoms with Gasteiger partial charge in [-0.3, -0.25) is 24.2 Å². The van der Waals surface area contributed by atoms with E-state index in [0.717, 1.165) is 11.3 Å². The lowest BCUT2D eigenvalue weighted by Crippen LogP contribution is -2.47. The number of carbonyl (C=O) groups excluding carboxylic acids is 3. The first-order chi connectivity index (χ1) is 17.4. The number of nitrogens with one attached hydrogen (secondary N) is 2. The van der Waals surface area contributed by atoms with Crippen LogP contribution in [0.15, 0.2) is 78.9 Å². The van der Waals surface area contributed by atoms with Gasteiger partial charge in [-0.1, -0.05) is 49.4 Å². The second kappa shape index (κ2) is 11.5. The van der Waals surface area contributed by atoms with E-state index in [0.29, 0.717) is 30.3 Å². The summed E-state index contributed by atoms with van der Waals surface area (Å²) < 4.78 is 5.97. The first-order valence-corrected chi connectivity index (χ1v) is 11.9. The molecule has 3 amide bonds. The van der Waals surface area contributed by atoms with Crippen molar-refractivity contribution in [3.63, 3.8) is 0 Å². The molecule has 8 heteroatoms. The summed E-state index contributed by atoms with van der Waals surface area (Å²) in [6, 6.07) is 24.0. The number of nitrogens with zero attached hydrogens (tertiary/aromatic N) is 2. The first-order valence-electron chi connectivity index (χ1n) is 11.9. The van der Waals surface area contributed by atoms with Gasteiger partial charge >= 0.3 is 0 Å². The molecule has 1 aliphatic heterocycles. The van der Waals surface area contributed by atoms with Gasteiger partial charge in [-0.05, 0) is 48.5 Å². The Kier molecular flexibility index (Phi) is 7.97. The average molecular weight is 487 g/mol. The quantitative estimate of drug-likeness (QED) is 0.501. The molecule has 2 N–H and O–H groups in total. The summed E-state index contributed by atoms with van der Waals surface area (Å²) in [7, 11) is 0. The minimum atomic E-state index is -0.261. The molecule has 3 aromatic rings. The highest BCUT2D eigenvalue weighted by Gasteiger charge is 2.33. The summed E-state index contributed by atoms with van der Waals surface area (Å²) in [5.74, 6) is 0.182. The largest absolute Gasteiger partial charge is 0.489 e. The highest BCUT2D eigenvalue weighted by molar-refractivity contribution is 5.98. The van der Waals surface area contributed by atoms with E-state index < -0.39 is 0 Å². The third kappa shape index (κ3) is 6.09. The van der Waals surface area contributed by atoms with Gasteiger partial charge in [0.1, 0.15) is 12.4 Å². The third-order valence-corrected chi connectivity index (χ3v) is 5.95. The van der Waals surface area contributed by atoms with E-state index in [2.05, 4.69) is 10.6 Å². The lowest BCUT2D eigenvalue weighted by atomic mass is 10.0. The van der Waals surface area contributed by atoms with Crippen molar-refractivity contribution in [2.75, 3.05) is 41.8 Å². The van der Waals surface area contributed by atoms with Crippen molar-refractivity contribution in [3.8, 4) is 5.75 Å². The number of anilines is 3. The molecule has 1 aliphatic rings. The standard InChI is InChI=1S/C28H30N4O4/c1-3-31(17-27(34)30-23-15-13-22(14-16-23)29-20(2)33)18-28(35)32-24-11-7-8-12-26(24)36-19-25(32)21-9-5-4-6-10-21/h4-16,25H,3,17-19H2,1-2H3,(H,29,33)(H,30,34). The van der Waals surface area contributed by atoms with E-state index in [-0.39, 0.29) is 36.9 Å². The normalized spacial score (nSPS) is 14.5. The summed E-state index contributed by atoms with van der Waals surface area (Å²) >= 11 is 0. The molecule has 0 spiro atoms. The molecular weight excluding hydrogens is 456 g/mol. The summed E-state index contributed by atoms with van der Waals surface area (Å²) in [4.78, 5) is 41.1. The Morgan fingerprint density at radius 2 is 1.53 bits per heavy atom. The van der Waals surface area contributed by atoms with E-state index in [1.165, 1.54) is 6.92 Å². The molecule has 1 unspecified atom stereocenters. The molecule has 0 aromatic heterocycles. The van der Waals surface area contributed by atoms with Gasteiger partial charge < -0.3 is 15.4 Å². The molecule has 0 bridgehead atoms. The number of carbonyl (C=O) groups is 3. The fourth-order valence-corrected chi connectivity index (χ4v) is 4.21. The van der Waals surface area contributed by atoms with Gasteiger partial charge in [0.15, 0.2) is 0 Å². The van der Waals surface area contributed by atoms with E-state index >= 15 is 0 Å². The molecule has 3 aromatic carbocycles. The summed E-state index contributed by atoms with van der Waals surface area (Å²) in [5.41, 5.74) is 2.98. The second-order valence-electron chi connectivity index (χ2n) is 8.58. The molecule has 0 saturated heterocycles. The van der Waals surface area contributed by atoms with Crippen LogP contribution in [-0.4, -0.2) is 48.9 Å². The zero-order chi connectivity index (χ0) is 25.5. The predicted octanol–water partition coefficient (Wildman–Crippen LogP) is 4.07. The van der Waals surface area contributed by atoms with Crippen LogP contribution in [-0.2, 0) is 14.4 Å². The second-order valence-corrected chi connectivity index (χ2v) is 8.58. The predicted molar refractivity (Wildman–Crippen MR) is 140 cm³/mol. The van der Waals surface area contributed by atoms with Gasteiger partial charge in [0.05, 0.1) is 24.8 Å². The Hall–Kier alpha value is -4.17. The minimum Gasteiger partial charge on any atom is -0.489 e. The van der Waals surface area contributed by atoms with Crippen molar-refractivity contribution in [1.29, 1.82) is 0 Å². The SMILES string of the molecule is CCN(CC(=O)Nc1ccc(NC(C)=O)cc1)CC(=O)N1c2ccccc2OCC1c1ccccc1. The van der Waals surface area contributed by atoms with Crippen LogP contribution >= 0.6 is 0 Å². The van der Waals surface area contributed by atoms with Crippen LogP contribution in [0.2, 0.25) is 0 Å². The number of fused-ring (bicyclic) bond motifs is 1. The van der Waals surface area contributed by atoms with Crippen molar-refractivity contribution in [2.24, 2.45) is 0 Å². The van der Waals surface area contributed by atoms with Crippen LogP contribution in [0.4, 0.5) is 17.1 Å². The lowest BCUT2D eigenvalue weighted by Gasteiger charge is -2.38. The van der Waals surface area contributed by atoms with E-state index in [1.807, 2.05) is 66.4 Å². The maximum atomic E-state index is 13.6. The van der Waals surface area contributed by atoms with Gasteiger partial charge in [0.2, 0.25) is 17.7 Å². The smallest absolute Gasteiger partial charge is 0.241 e. The van der Waals surface area contributed by atoms with Crippen LogP contribution in [0.25, 0.3) is 0 Å². The van der Waals surface area contributed by atoms with Gasteiger partial charge in [-0.15, -0.1) is 0 Å². The molecule has 1 atom stereocenters. The minimum absolute atomic E-state index is 0.0671. The van der Waals surface area contributed by atoms with Crippen molar-refractivity contribution in [2.45, 2.75) is 19.9 Å². The maximum absolute atomic E-state index is 13.6. The fourth-order valence-electron chi connectivity index (χ4n) is 4.21. The highest BCUT2D eigenvalue weighted by Crippen LogP contribution is 2.39. The Labute approximate surface area is 210 Å². The molecule has 8 nitrogen and oxygen atoms in total. The number of hydrogen-bond acceptors (Lipinski definition) is 5. The number of likely N-dealkylation sites (N-methyl/N-ethyl adjacent to an activating group) is 1. The van der Waals surface area contributed by atoms with E-state index in [4.69, 9.17) is 4.74 Å². The Bertz CT molecular complexity index is 1210. The van der Waals surface area contributed by atoms with Crippen LogP contribution in [0.3, 0.4) is 0 Å². The van der Waals surface area contributed by atoms with Crippen LogP contribution in [0, 0.1) is 0 Å². The van der Waals surface area contributed by atoms with Crippen LogP contribution < -0.4 is 20.3 Å².